The second kappa shape index (κ2) is 7.33. The lowest BCUT2D eigenvalue weighted by molar-refractivity contribution is -0.146. The Morgan fingerprint density at radius 3 is 2.28 bits per heavy atom. The molecule has 0 saturated carbocycles. The molecule has 1 saturated heterocycles. The van der Waals surface area contributed by atoms with Crippen LogP contribution in [-0.4, -0.2) is 72.7 Å². The van der Waals surface area contributed by atoms with Crippen molar-refractivity contribution < 1.29 is 19.4 Å². The van der Waals surface area contributed by atoms with Gasteiger partial charge in [0.25, 0.3) is 0 Å². The minimum atomic E-state index is -1.05. The van der Waals surface area contributed by atoms with E-state index in [2.05, 4.69) is 18.7 Å². The number of hydrogen-bond donors (Lipinski definition) is 1. The Balaban J connectivity index is 2.21. The van der Waals surface area contributed by atoms with E-state index in [1.165, 1.54) is 0 Å². The van der Waals surface area contributed by atoms with E-state index < -0.39 is 12.6 Å². The van der Waals surface area contributed by atoms with Crippen LogP contribution in [0.2, 0.25) is 0 Å². The van der Waals surface area contributed by atoms with Crippen molar-refractivity contribution in [1.29, 1.82) is 0 Å². The van der Waals surface area contributed by atoms with Crippen LogP contribution in [-0.2, 0) is 14.3 Å². The molecular formula is C12H22N2O4. The van der Waals surface area contributed by atoms with Crippen LogP contribution >= 0.6 is 0 Å². The lowest BCUT2D eigenvalue weighted by atomic mass is 10.2. The molecule has 1 rings (SSSR count). The maximum Gasteiger partial charge on any atom is 0.329 e. The topological polar surface area (TPSA) is 70.1 Å². The average molecular weight is 258 g/mol. The fourth-order valence-electron chi connectivity index (χ4n) is 2.01. The van der Waals surface area contributed by atoms with Crippen LogP contribution in [0.5, 0.6) is 0 Å². The summed E-state index contributed by atoms with van der Waals surface area (Å²) < 4.78 is 4.80. The zero-order chi connectivity index (χ0) is 13.5. The summed E-state index contributed by atoms with van der Waals surface area (Å²) in [5.74, 6) is -0.545. The first kappa shape index (κ1) is 14.9. The molecule has 1 aliphatic rings. The van der Waals surface area contributed by atoms with Gasteiger partial charge in [0.1, 0.15) is 13.2 Å². The molecule has 0 aromatic carbocycles. The van der Waals surface area contributed by atoms with Crippen LogP contribution in [0.25, 0.3) is 0 Å². The van der Waals surface area contributed by atoms with Crippen LogP contribution in [0.4, 0.5) is 0 Å². The van der Waals surface area contributed by atoms with Crippen molar-refractivity contribution in [3.05, 3.63) is 0 Å². The molecule has 0 aromatic rings. The van der Waals surface area contributed by atoms with Gasteiger partial charge in [0, 0.05) is 32.7 Å². The number of carboxylic acids is 1. The van der Waals surface area contributed by atoms with Gasteiger partial charge in [-0.15, -0.1) is 0 Å². The van der Waals surface area contributed by atoms with Crippen molar-refractivity contribution >= 4 is 11.9 Å². The predicted molar refractivity (Wildman–Crippen MR) is 66.3 cm³/mol. The van der Waals surface area contributed by atoms with Crippen LogP contribution in [0.3, 0.4) is 0 Å². The zero-order valence-electron chi connectivity index (χ0n) is 11.1. The largest absolute Gasteiger partial charge is 0.480 e. The Labute approximate surface area is 107 Å². The van der Waals surface area contributed by atoms with Gasteiger partial charge in [-0.2, -0.15) is 0 Å². The van der Waals surface area contributed by atoms with Crippen LogP contribution in [0.15, 0.2) is 0 Å². The normalized spacial score (nSPS) is 17.2. The van der Waals surface area contributed by atoms with Gasteiger partial charge in [0.2, 0.25) is 5.91 Å². The van der Waals surface area contributed by atoms with E-state index in [0.717, 1.165) is 19.6 Å². The molecule has 0 bridgehead atoms. The third-order valence-electron chi connectivity index (χ3n) is 2.80. The molecule has 18 heavy (non-hydrogen) atoms. The molecule has 0 radical (unpaired) electrons. The number of hydrogen-bond acceptors (Lipinski definition) is 4. The average Bonchev–Trinajstić information content (AvgIpc) is 2.28. The molecule has 1 aliphatic heterocycles. The highest BCUT2D eigenvalue weighted by molar-refractivity contribution is 5.78. The van der Waals surface area contributed by atoms with Gasteiger partial charge in [-0.25, -0.2) is 4.79 Å². The van der Waals surface area contributed by atoms with E-state index in [0.29, 0.717) is 19.0 Å². The summed E-state index contributed by atoms with van der Waals surface area (Å²) in [6.07, 6.45) is 0. The van der Waals surface area contributed by atoms with Gasteiger partial charge in [-0.05, 0) is 5.92 Å². The zero-order valence-corrected chi connectivity index (χ0v) is 11.1. The number of rotatable bonds is 6. The quantitative estimate of drug-likeness (QED) is 0.719. The van der Waals surface area contributed by atoms with E-state index in [1.807, 2.05) is 0 Å². The number of carboxylic acid groups (broad SMARTS) is 1. The fraction of sp³-hybridized carbons (Fsp3) is 0.833. The Hall–Kier alpha value is -1.14. The van der Waals surface area contributed by atoms with Crippen molar-refractivity contribution in [1.82, 2.24) is 9.80 Å². The number of piperazine rings is 1. The van der Waals surface area contributed by atoms with E-state index in [-0.39, 0.29) is 12.5 Å². The van der Waals surface area contributed by atoms with E-state index in [9.17, 15) is 9.59 Å². The highest BCUT2D eigenvalue weighted by Gasteiger charge is 2.21. The van der Waals surface area contributed by atoms with E-state index >= 15 is 0 Å². The molecule has 104 valence electrons. The number of nitrogens with zero attached hydrogens (tertiary/aromatic N) is 2. The van der Waals surface area contributed by atoms with Crippen LogP contribution in [0, 0.1) is 5.92 Å². The molecular weight excluding hydrogens is 236 g/mol. The summed E-state index contributed by atoms with van der Waals surface area (Å²) in [6.45, 7) is 8.00. The van der Waals surface area contributed by atoms with Gasteiger partial charge in [-0.1, -0.05) is 13.8 Å². The van der Waals surface area contributed by atoms with Gasteiger partial charge >= 0.3 is 5.97 Å². The summed E-state index contributed by atoms with van der Waals surface area (Å²) in [4.78, 5) is 26.0. The SMILES string of the molecule is CC(C)CN1CCN(C(=O)COCC(=O)O)CC1. The minimum absolute atomic E-state index is 0.125. The smallest absolute Gasteiger partial charge is 0.329 e. The molecule has 0 aliphatic carbocycles. The van der Waals surface area contributed by atoms with Crippen molar-refractivity contribution in [2.24, 2.45) is 5.92 Å². The molecule has 6 heteroatoms. The van der Waals surface area contributed by atoms with E-state index in [1.54, 1.807) is 4.90 Å². The van der Waals surface area contributed by atoms with Gasteiger partial charge < -0.3 is 14.7 Å². The molecule has 0 atom stereocenters. The van der Waals surface area contributed by atoms with Gasteiger partial charge in [0.05, 0.1) is 0 Å². The number of amides is 1. The molecule has 1 heterocycles. The van der Waals surface area contributed by atoms with Crippen molar-refractivity contribution in [3.8, 4) is 0 Å². The molecule has 0 aromatic heterocycles. The monoisotopic (exact) mass is 258 g/mol. The first-order valence-corrected chi connectivity index (χ1v) is 6.28. The van der Waals surface area contributed by atoms with E-state index in [4.69, 9.17) is 9.84 Å². The summed E-state index contributed by atoms with van der Waals surface area (Å²) in [5.41, 5.74) is 0. The molecule has 1 N–H and O–H groups in total. The predicted octanol–water partition coefficient (Wildman–Crippen LogP) is -0.112. The molecule has 1 amide bonds. The summed E-state index contributed by atoms with van der Waals surface area (Å²) >= 11 is 0. The standard InChI is InChI=1S/C12H22N2O4/c1-10(2)7-13-3-5-14(6-4-13)11(15)8-18-9-12(16)17/h10H,3-9H2,1-2H3,(H,16,17). The van der Waals surface area contributed by atoms with Crippen molar-refractivity contribution in [3.63, 3.8) is 0 Å². The van der Waals surface area contributed by atoms with Crippen LogP contribution in [0.1, 0.15) is 13.8 Å². The highest BCUT2D eigenvalue weighted by atomic mass is 16.5. The highest BCUT2D eigenvalue weighted by Crippen LogP contribution is 2.05. The second-order valence-corrected chi connectivity index (χ2v) is 4.96. The lowest BCUT2D eigenvalue weighted by Gasteiger charge is -2.35. The Morgan fingerprint density at radius 1 is 1.17 bits per heavy atom. The first-order valence-electron chi connectivity index (χ1n) is 6.28. The number of carbonyl (C=O) groups excluding carboxylic acids is 1. The summed E-state index contributed by atoms with van der Waals surface area (Å²) in [5, 5.41) is 8.40. The van der Waals surface area contributed by atoms with Gasteiger partial charge in [0.15, 0.2) is 0 Å². The maximum absolute atomic E-state index is 11.7. The number of aliphatic carboxylic acids is 1. The summed E-state index contributed by atoms with van der Waals surface area (Å²) in [7, 11) is 0. The first-order chi connectivity index (χ1) is 8.49. The lowest BCUT2D eigenvalue weighted by Crippen LogP contribution is -2.50. The molecule has 0 unspecified atom stereocenters. The third-order valence-corrected chi connectivity index (χ3v) is 2.80. The molecule has 6 nitrogen and oxygen atoms in total. The number of ether oxygens (including phenoxy) is 1. The second-order valence-electron chi connectivity index (χ2n) is 4.96. The molecule has 1 fully saturated rings. The fourth-order valence-corrected chi connectivity index (χ4v) is 2.01. The maximum atomic E-state index is 11.7. The Morgan fingerprint density at radius 2 is 1.78 bits per heavy atom. The molecule has 0 spiro atoms. The van der Waals surface area contributed by atoms with Crippen molar-refractivity contribution in [2.75, 3.05) is 45.9 Å². The Kier molecular flexibility index (Phi) is 6.07. The third kappa shape index (κ3) is 5.46. The Bertz CT molecular complexity index is 286. The van der Waals surface area contributed by atoms with Crippen molar-refractivity contribution in [2.45, 2.75) is 13.8 Å². The van der Waals surface area contributed by atoms with Gasteiger partial charge in [-0.3, -0.25) is 9.69 Å². The number of carbonyl (C=O) groups is 2. The minimum Gasteiger partial charge on any atom is -0.480 e. The van der Waals surface area contributed by atoms with Crippen LogP contribution < -0.4 is 0 Å². The summed E-state index contributed by atoms with van der Waals surface area (Å²) in [6, 6.07) is 0.